The summed E-state index contributed by atoms with van der Waals surface area (Å²) < 4.78 is 4.44. The van der Waals surface area contributed by atoms with Gasteiger partial charge in [-0.1, -0.05) is 17.7 Å². The summed E-state index contributed by atoms with van der Waals surface area (Å²) in [6.07, 6.45) is 1.77. The summed E-state index contributed by atoms with van der Waals surface area (Å²) >= 11 is 7.42. The largest absolute Gasteiger partial charge is 0.468 e. The first-order valence-corrected chi connectivity index (χ1v) is 5.89. The third kappa shape index (κ3) is 2.29. The molecule has 1 aromatic rings. The van der Waals surface area contributed by atoms with Crippen LogP contribution < -0.4 is 0 Å². The van der Waals surface area contributed by atoms with Gasteiger partial charge < -0.3 is 4.74 Å². The Morgan fingerprint density at radius 3 is 2.80 bits per heavy atom. The molecule has 1 aromatic carbocycles. The Morgan fingerprint density at radius 2 is 2.27 bits per heavy atom. The lowest BCUT2D eigenvalue weighted by molar-refractivity contribution is -0.140. The fourth-order valence-corrected chi connectivity index (χ4v) is 2.91. The highest BCUT2D eigenvalue weighted by molar-refractivity contribution is 8.01. The number of carbonyl (C=O) groups is 1. The van der Waals surface area contributed by atoms with E-state index >= 15 is 0 Å². The van der Waals surface area contributed by atoms with Crippen molar-refractivity contribution in [2.45, 2.75) is 22.5 Å². The van der Waals surface area contributed by atoms with Gasteiger partial charge in [0.1, 0.15) is 4.75 Å². The van der Waals surface area contributed by atoms with E-state index in [1.165, 1.54) is 7.11 Å². The molecule has 0 spiro atoms. The molecule has 0 heterocycles. The molecule has 1 aliphatic rings. The van der Waals surface area contributed by atoms with Crippen molar-refractivity contribution in [3.63, 3.8) is 0 Å². The highest BCUT2D eigenvalue weighted by Gasteiger charge is 2.52. The average Bonchev–Trinajstić information content (AvgIpc) is 2.98. The Bertz CT molecular complexity index is 388. The second-order valence-corrected chi connectivity index (χ2v) is 5.44. The smallest absolute Gasteiger partial charge is 0.322 e. The van der Waals surface area contributed by atoms with Crippen molar-refractivity contribution >= 4 is 29.3 Å². The molecule has 0 N–H and O–H groups in total. The molecule has 0 amide bonds. The lowest BCUT2D eigenvalue weighted by Gasteiger charge is -2.11. The van der Waals surface area contributed by atoms with Gasteiger partial charge in [-0.3, -0.25) is 4.79 Å². The number of benzene rings is 1. The van der Waals surface area contributed by atoms with Crippen LogP contribution in [0.2, 0.25) is 5.02 Å². The highest BCUT2D eigenvalue weighted by atomic mass is 35.5. The molecule has 0 radical (unpaired) electrons. The molecule has 0 aromatic heterocycles. The van der Waals surface area contributed by atoms with E-state index < -0.39 is 0 Å². The second-order valence-electron chi connectivity index (χ2n) is 3.55. The van der Waals surface area contributed by atoms with E-state index in [4.69, 9.17) is 16.3 Å². The minimum absolute atomic E-state index is 0.132. The molecule has 15 heavy (non-hydrogen) atoms. The number of rotatable bonds is 3. The van der Waals surface area contributed by atoms with Crippen LogP contribution in [0.15, 0.2) is 29.2 Å². The fourth-order valence-electron chi connectivity index (χ4n) is 1.40. The van der Waals surface area contributed by atoms with Crippen molar-refractivity contribution in [2.75, 3.05) is 7.11 Å². The summed E-state index contributed by atoms with van der Waals surface area (Å²) in [5, 5.41) is 0.695. The first-order valence-electron chi connectivity index (χ1n) is 4.69. The van der Waals surface area contributed by atoms with Crippen LogP contribution in [0.25, 0.3) is 0 Å². The number of hydrogen-bond donors (Lipinski definition) is 0. The van der Waals surface area contributed by atoms with Crippen molar-refractivity contribution in [2.24, 2.45) is 0 Å². The van der Waals surface area contributed by atoms with Crippen LogP contribution in [-0.2, 0) is 9.53 Å². The zero-order chi connectivity index (χ0) is 10.9. The maximum absolute atomic E-state index is 11.5. The van der Waals surface area contributed by atoms with Crippen molar-refractivity contribution in [3.8, 4) is 0 Å². The van der Waals surface area contributed by atoms with Gasteiger partial charge in [0, 0.05) is 9.92 Å². The number of halogens is 1. The normalized spacial score (nSPS) is 17.2. The number of ether oxygens (including phenoxy) is 1. The van der Waals surface area contributed by atoms with E-state index in [0.717, 1.165) is 17.7 Å². The summed E-state index contributed by atoms with van der Waals surface area (Å²) in [6.45, 7) is 0. The molecule has 0 unspecified atom stereocenters. The highest BCUT2D eigenvalue weighted by Crippen LogP contribution is 2.52. The molecule has 0 aliphatic heterocycles. The van der Waals surface area contributed by atoms with Gasteiger partial charge in [0.2, 0.25) is 0 Å². The van der Waals surface area contributed by atoms with Crippen LogP contribution in [0.1, 0.15) is 12.8 Å². The molecule has 2 rings (SSSR count). The first-order chi connectivity index (χ1) is 7.16. The van der Waals surface area contributed by atoms with Crippen molar-refractivity contribution in [1.82, 2.24) is 0 Å². The molecular weight excluding hydrogens is 232 g/mol. The van der Waals surface area contributed by atoms with Crippen LogP contribution in [-0.4, -0.2) is 17.8 Å². The maximum Gasteiger partial charge on any atom is 0.322 e. The number of carbonyl (C=O) groups excluding carboxylic acids is 1. The molecule has 4 heteroatoms. The van der Waals surface area contributed by atoms with Crippen LogP contribution in [0.5, 0.6) is 0 Å². The van der Waals surface area contributed by atoms with Crippen molar-refractivity contribution < 1.29 is 9.53 Å². The van der Waals surface area contributed by atoms with E-state index in [1.807, 2.05) is 24.3 Å². The van der Waals surface area contributed by atoms with E-state index in [2.05, 4.69) is 0 Å². The summed E-state index contributed by atoms with van der Waals surface area (Å²) in [5.41, 5.74) is 0. The predicted molar refractivity (Wildman–Crippen MR) is 61.3 cm³/mol. The van der Waals surface area contributed by atoms with E-state index in [-0.39, 0.29) is 10.7 Å². The Morgan fingerprint density at radius 1 is 1.53 bits per heavy atom. The molecule has 0 bridgehead atoms. The van der Waals surface area contributed by atoms with E-state index in [9.17, 15) is 4.79 Å². The molecule has 1 fully saturated rings. The Labute approximate surface area is 98.0 Å². The Balaban J connectivity index is 2.12. The zero-order valence-electron chi connectivity index (χ0n) is 8.33. The standard InChI is InChI=1S/C11H11ClO2S/c1-14-10(13)11(5-6-11)15-9-4-2-3-8(12)7-9/h2-4,7H,5-6H2,1H3. The average molecular weight is 243 g/mol. The van der Waals surface area contributed by atoms with Gasteiger partial charge in [-0.15, -0.1) is 11.8 Å². The van der Waals surface area contributed by atoms with Crippen LogP contribution in [0, 0.1) is 0 Å². The molecular formula is C11H11ClO2S. The molecule has 80 valence electrons. The molecule has 0 atom stereocenters. The summed E-state index contributed by atoms with van der Waals surface area (Å²) in [7, 11) is 1.43. The molecule has 1 aliphatic carbocycles. The SMILES string of the molecule is COC(=O)C1(Sc2cccc(Cl)c2)CC1. The molecule has 1 saturated carbocycles. The number of hydrogen-bond acceptors (Lipinski definition) is 3. The van der Waals surface area contributed by atoms with E-state index in [1.54, 1.807) is 11.8 Å². The lowest BCUT2D eigenvalue weighted by Crippen LogP contribution is -2.19. The van der Waals surface area contributed by atoms with Crippen LogP contribution in [0.3, 0.4) is 0 Å². The summed E-state index contributed by atoms with van der Waals surface area (Å²) in [4.78, 5) is 12.5. The minimum Gasteiger partial charge on any atom is -0.468 e. The quantitative estimate of drug-likeness (QED) is 0.762. The minimum atomic E-state index is -0.348. The van der Waals surface area contributed by atoms with Crippen LogP contribution in [0.4, 0.5) is 0 Å². The lowest BCUT2D eigenvalue weighted by atomic mass is 10.4. The zero-order valence-corrected chi connectivity index (χ0v) is 9.90. The summed E-state index contributed by atoms with van der Waals surface area (Å²) in [5.74, 6) is -0.132. The molecule has 2 nitrogen and oxygen atoms in total. The van der Waals surface area contributed by atoms with Gasteiger partial charge in [-0.2, -0.15) is 0 Å². The summed E-state index contributed by atoms with van der Waals surface area (Å²) in [6, 6.07) is 7.54. The Hall–Kier alpha value is -0.670. The topological polar surface area (TPSA) is 26.3 Å². The van der Waals surface area contributed by atoms with Gasteiger partial charge >= 0.3 is 5.97 Å². The number of methoxy groups -OCH3 is 1. The fraction of sp³-hybridized carbons (Fsp3) is 0.364. The van der Waals surface area contributed by atoms with Gasteiger partial charge in [0.05, 0.1) is 7.11 Å². The van der Waals surface area contributed by atoms with E-state index in [0.29, 0.717) is 5.02 Å². The van der Waals surface area contributed by atoms with Crippen molar-refractivity contribution in [3.05, 3.63) is 29.3 Å². The van der Waals surface area contributed by atoms with Gasteiger partial charge in [-0.05, 0) is 31.0 Å². The number of thioether (sulfide) groups is 1. The van der Waals surface area contributed by atoms with Crippen molar-refractivity contribution in [1.29, 1.82) is 0 Å². The Kier molecular flexibility index (Phi) is 2.94. The monoisotopic (exact) mass is 242 g/mol. The molecule has 0 saturated heterocycles. The third-order valence-corrected chi connectivity index (χ3v) is 4.06. The predicted octanol–water partition coefficient (Wildman–Crippen LogP) is 3.14. The first kappa shape index (κ1) is 10.8. The second kappa shape index (κ2) is 4.06. The maximum atomic E-state index is 11.5. The third-order valence-electron chi connectivity index (χ3n) is 2.37. The van der Waals surface area contributed by atoms with Crippen LogP contribution >= 0.6 is 23.4 Å². The van der Waals surface area contributed by atoms with Gasteiger partial charge in [-0.25, -0.2) is 0 Å². The van der Waals surface area contributed by atoms with Gasteiger partial charge in [0.25, 0.3) is 0 Å². The number of esters is 1. The van der Waals surface area contributed by atoms with Gasteiger partial charge in [0.15, 0.2) is 0 Å².